The first kappa shape index (κ1) is 19.2. The maximum absolute atomic E-state index is 13.2. The standard InChI is InChI=1S/C24H22N2O5.H2/c1-28-16-7-9-19(29-2)17(13-16)18-4-3-5-22(25-18)26-23(27)24(10-11-24)15-6-8-20-21(12-15)31-14-30-20;/h3-9,12-13H,10-11,14H2,1-2H3,(H,25,26,27);1H. The van der Waals surface area contributed by atoms with E-state index in [0.29, 0.717) is 34.5 Å². The summed E-state index contributed by atoms with van der Waals surface area (Å²) in [6.45, 7) is 0.211. The molecule has 2 heterocycles. The number of ether oxygens (including phenoxy) is 4. The van der Waals surface area contributed by atoms with Crippen molar-refractivity contribution in [2.45, 2.75) is 18.3 Å². The lowest BCUT2D eigenvalue weighted by Crippen LogP contribution is -2.28. The van der Waals surface area contributed by atoms with Gasteiger partial charge in [-0.05, 0) is 60.9 Å². The van der Waals surface area contributed by atoms with Crippen molar-refractivity contribution in [1.29, 1.82) is 0 Å². The third-order valence-electron chi connectivity index (χ3n) is 5.78. The highest BCUT2D eigenvalue weighted by Gasteiger charge is 2.51. The van der Waals surface area contributed by atoms with Gasteiger partial charge in [0.2, 0.25) is 12.7 Å². The normalized spacial score (nSPS) is 15.3. The van der Waals surface area contributed by atoms with Gasteiger partial charge in [-0.2, -0.15) is 0 Å². The molecule has 0 atom stereocenters. The van der Waals surface area contributed by atoms with E-state index in [1.807, 2.05) is 48.5 Å². The van der Waals surface area contributed by atoms with Gasteiger partial charge in [0.25, 0.3) is 0 Å². The van der Waals surface area contributed by atoms with Crippen LogP contribution in [0.4, 0.5) is 5.82 Å². The summed E-state index contributed by atoms with van der Waals surface area (Å²) >= 11 is 0. The molecule has 0 saturated heterocycles. The topological polar surface area (TPSA) is 78.9 Å². The summed E-state index contributed by atoms with van der Waals surface area (Å²) in [5, 5.41) is 2.99. The number of carbonyl (C=O) groups is 1. The predicted octanol–water partition coefficient (Wildman–Crippen LogP) is 4.41. The average Bonchev–Trinajstić information content (AvgIpc) is 3.49. The van der Waals surface area contributed by atoms with Crippen LogP contribution in [0.3, 0.4) is 0 Å². The van der Waals surface area contributed by atoms with Gasteiger partial charge in [0.05, 0.1) is 25.3 Å². The molecule has 7 heteroatoms. The number of hydrogen-bond acceptors (Lipinski definition) is 6. The summed E-state index contributed by atoms with van der Waals surface area (Å²) in [5.41, 5.74) is 1.84. The first-order chi connectivity index (χ1) is 15.1. The molecule has 2 aromatic carbocycles. The van der Waals surface area contributed by atoms with E-state index in [9.17, 15) is 4.79 Å². The molecule has 1 aliphatic heterocycles. The van der Waals surface area contributed by atoms with Crippen LogP contribution in [0.5, 0.6) is 23.0 Å². The Balaban J connectivity index is 0.00000245. The highest BCUT2D eigenvalue weighted by molar-refractivity contribution is 6.01. The number of amides is 1. The Labute approximate surface area is 181 Å². The molecule has 1 fully saturated rings. The minimum atomic E-state index is -0.563. The molecule has 2 aliphatic rings. The maximum Gasteiger partial charge on any atom is 0.236 e. The molecule has 160 valence electrons. The van der Waals surface area contributed by atoms with Gasteiger partial charge in [0.15, 0.2) is 11.5 Å². The van der Waals surface area contributed by atoms with Gasteiger partial charge < -0.3 is 24.3 Å². The van der Waals surface area contributed by atoms with Crippen molar-refractivity contribution < 1.29 is 25.2 Å². The van der Waals surface area contributed by atoms with Crippen LogP contribution >= 0.6 is 0 Å². The highest BCUT2D eigenvalue weighted by atomic mass is 16.7. The van der Waals surface area contributed by atoms with E-state index in [0.717, 1.165) is 24.0 Å². The molecule has 0 unspecified atom stereocenters. The first-order valence-electron chi connectivity index (χ1n) is 10.0. The maximum atomic E-state index is 13.2. The van der Waals surface area contributed by atoms with E-state index in [1.54, 1.807) is 20.3 Å². The second kappa shape index (κ2) is 7.50. The number of hydrogen-bond donors (Lipinski definition) is 1. The largest absolute Gasteiger partial charge is 0.497 e. The van der Waals surface area contributed by atoms with E-state index in [2.05, 4.69) is 10.3 Å². The van der Waals surface area contributed by atoms with E-state index in [4.69, 9.17) is 18.9 Å². The lowest BCUT2D eigenvalue weighted by molar-refractivity contribution is -0.118. The molecular formula is C24H24N2O5. The highest BCUT2D eigenvalue weighted by Crippen LogP contribution is 2.51. The molecule has 1 saturated carbocycles. The molecule has 0 radical (unpaired) electrons. The van der Waals surface area contributed by atoms with Crippen LogP contribution in [-0.2, 0) is 10.2 Å². The summed E-state index contributed by atoms with van der Waals surface area (Å²) in [5.74, 6) is 3.18. The molecule has 1 aliphatic carbocycles. The monoisotopic (exact) mass is 420 g/mol. The number of rotatable bonds is 6. The van der Waals surface area contributed by atoms with Crippen LogP contribution in [0.1, 0.15) is 19.8 Å². The van der Waals surface area contributed by atoms with Crippen molar-refractivity contribution >= 4 is 11.7 Å². The lowest BCUT2D eigenvalue weighted by Gasteiger charge is -2.16. The van der Waals surface area contributed by atoms with Crippen LogP contribution in [0.15, 0.2) is 54.6 Å². The molecule has 7 nitrogen and oxygen atoms in total. The Morgan fingerprint density at radius 2 is 1.87 bits per heavy atom. The van der Waals surface area contributed by atoms with Gasteiger partial charge in [0, 0.05) is 6.99 Å². The second-order valence-corrected chi connectivity index (χ2v) is 7.58. The molecule has 0 bridgehead atoms. The number of aromatic nitrogens is 1. The average molecular weight is 420 g/mol. The Bertz CT molecular complexity index is 1160. The molecule has 0 spiro atoms. The van der Waals surface area contributed by atoms with E-state index in [-0.39, 0.29) is 14.1 Å². The van der Waals surface area contributed by atoms with Crippen LogP contribution in [-0.4, -0.2) is 31.9 Å². The van der Waals surface area contributed by atoms with Gasteiger partial charge in [-0.15, -0.1) is 0 Å². The van der Waals surface area contributed by atoms with Gasteiger partial charge >= 0.3 is 0 Å². The number of carbonyl (C=O) groups excluding carboxylic acids is 1. The summed E-state index contributed by atoms with van der Waals surface area (Å²) in [6, 6.07) is 16.7. The number of benzene rings is 2. The molecule has 3 aromatic rings. The number of nitrogens with one attached hydrogen (secondary N) is 1. The molecule has 1 N–H and O–H groups in total. The number of pyridine rings is 1. The zero-order valence-corrected chi connectivity index (χ0v) is 17.3. The first-order valence-corrected chi connectivity index (χ1v) is 10.0. The van der Waals surface area contributed by atoms with Crippen molar-refractivity contribution in [2.75, 3.05) is 26.3 Å². The molecule has 5 rings (SSSR count). The van der Waals surface area contributed by atoms with E-state index < -0.39 is 5.41 Å². The summed E-state index contributed by atoms with van der Waals surface area (Å²) in [6.07, 6.45) is 1.56. The van der Waals surface area contributed by atoms with Crippen molar-refractivity contribution in [3.8, 4) is 34.3 Å². The number of methoxy groups -OCH3 is 2. The van der Waals surface area contributed by atoms with Crippen molar-refractivity contribution in [3.05, 3.63) is 60.2 Å². The van der Waals surface area contributed by atoms with Crippen LogP contribution in [0, 0.1) is 0 Å². The fourth-order valence-electron chi connectivity index (χ4n) is 3.87. The molecular weight excluding hydrogens is 396 g/mol. The van der Waals surface area contributed by atoms with Crippen LogP contribution in [0.2, 0.25) is 0 Å². The number of anilines is 1. The third-order valence-corrected chi connectivity index (χ3v) is 5.78. The lowest BCUT2D eigenvalue weighted by atomic mass is 9.94. The Morgan fingerprint density at radius 3 is 2.65 bits per heavy atom. The molecule has 1 amide bonds. The summed E-state index contributed by atoms with van der Waals surface area (Å²) in [4.78, 5) is 17.8. The summed E-state index contributed by atoms with van der Waals surface area (Å²) in [7, 11) is 3.22. The van der Waals surface area contributed by atoms with Gasteiger partial charge in [-0.3, -0.25) is 4.79 Å². The van der Waals surface area contributed by atoms with E-state index in [1.165, 1.54) is 0 Å². The van der Waals surface area contributed by atoms with E-state index >= 15 is 0 Å². The Morgan fingerprint density at radius 1 is 1.03 bits per heavy atom. The molecule has 1 aromatic heterocycles. The quantitative estimate of drug-likeness (QED) is 0.636. The number of nitrogens with zero attached hydrogens (tertiary/aromatic N) is 1. The van der Waals surface area contributed by atoms with Gasteiger partial charge in [-0.1, -0.05) is 12.1 Å². The fourth-order valence-corrected chi connectivity index (χ4v) is 3.87. The van der Waals surface area contributed by atoms with Gasteiger partial charge in [-0.25, -0.2) is 4.98 Å². The second-order valence-electron chi connectivity index (χ2n) is 7.58. The van der Waals surface area contributed by atoms with Crippen molar-refractivity contribution in [2.24, 2.45) is 0 Å². The minimum absolute atomic E-state index is 0. The van der Waals surface area contributed by atoms with Crippen molar-refractivity contribution in [3.63, 3.8) is 0 Å². The fraction of sp³-hybridized carbons (Fsp3) is 0.250. The van der Waals surface area contributed by atoms with Crippen molar-refractivity contribution in [1.82, 2.24) is 4.98 Å². The molecule has 31 heavy (non-hydrogen) atoms. The number of fused-ring (bicyclic) bond motifs is 1. The summed E-state index contributed by atoms with van der Waals surface area (Å²) < 4.78 is 21.7. The smallest absolute Gasteiger partial charge is 0.236 e. The third kappa shape index (κ3) is 3.42. The van der Waals surface area contributed by atoms with Crippen LogP contribution < -0.4 is 24.3 Å². The zero-order valence-electron chi connectivity index (χ0n) is 17.3. The Hall–Kier alpha value is -3.74. The van der Waals surface area contributed by atoms with Crippen LogP contribution in [0.25, 0.3) is 11.3 Å². The van der Waals surface area contributed by atoms with Gasteiger partial charge in [0.1, 0.15) is 17.3 Å². The minimum Gasteiger partial charge on any atom is -0.497 e. The predicted molar refractivity (Wildman–Crippen MR) is 117 cm³/mol. The Kier molecular flexibility index (Phi) is 4.66. The zero-order chi connectivity index (χ0) is 21.4. The SMILES string of the molecule is COc1ccc(OC)c(-c2cccc(NC(=O)C3(c4ccc5c(c4)OCO5)CC3)n2)c1.[HH].